The van der Waals surface area contributed by atoms with Crippen molar-refractivity contribution in [1.29, 1.82) is 0 Å². The van der Waals surface area contributed by atoms with Crippen molar-refractivity contribution in [2.24, 2.45) is 4.99 Å². The fraction of sp³-hybridized carbons (Fsp3) is 0.0952. The van der Waals surface area contributed by atoms with Crippen LogP contribution in [0.4, 0.5) is 5.69 Å². The maximum atomic E-state index is 12.0. The maximum Gasteiger partial charge on any atom is 0.345 e. The summed E-state index contributed by atoms with van der Waals surface area (Å²) in [5.74, 6) is 0.854. The number of pyridine rings is 1. The lowest BCUT2D eigenvalue weighted by Crippen LogP contribution is -2.08. The van der Waals surface area contributed by atoms with Crippen LogP contribution in [0.15, 0.2) is 78.0 Å². The van der Waals surface area contributed by atoms with Crippen molar-refractivity contribution in [3.8, 4) is 11.5 Å². The Balaban J connectivity index is 1.61. The second-order valence-corrected chi connectivity index (χ2v) is 5.39. The van der Waals surface area contributed by atoms with Crippen LogP contribution < -0.4 is 9.47 Å². The summed E-state index contributed by atoms with van der Waals surface area (Å²) in [5, 5.41) is 0. The first kappa shape index (κ1) is 17.4. The number of nitrogens with zero attached hydrogens (tertiary/aromatic N) is 2. The van der Waals surface area contributed by atoms with Gasteiger partial charge >= 0.3 is 5.97 Å². The van der Waals surface area contributed by atoms with Gasteiger partial charge in [-0.25, -0.2) is 4.79 Å². The molecule has 0 amide bonds. The second kappa shape index (κ2) is 8.58. The van der Waals surface area contributed by atoms with E-state index in [2.05, 4.69) is 9.98 Å². The molecule has 0 saturated carbocycles. The van der Waals surface area contributed by atoms with E-state index in [0.717, 1.165) is 17.0 Å². The lowest BCUT2D eigenvalue weighted by atomic mass is 10.2. The lowest BCUT2D eigenvalue weighted by Gasteiger charge is -2.04. The lowest BCUT2D eigenvalue weighted by molar-refractivity contribution is 0.0734. The number of rotatable bonds is 6. The van der Waals surface area contributed by atoms with Crippen LogP contribution in [0.2, 0.25) is 0 Å². The van der Waals surface area contributed by atoms with Crippen LogP contribution in [0.1, 0.15) is 22.8 Å². The molecule has 0 fully saturated rings. The molecule has 2 aromatic carbocycles. The van der Waals surface area contributed by atoms with Gasteiger partial charge in [-0.15, -0.1) is 0 Å². The molecule has 0 aliphatic rings. The monoisotopic (exact) mass is 346 g/mol. The summed E-state index contributed by atoms with van der Waals surface area (Å²) < 4.78 is 10.7. The zero-order chi connectivity index (χ0) is 18.2. The third-order valence-corrected chi connectivity index (χ3v) is 3.50. The van der Waals surface area contributed by atoms with Crippen molar-refractivity contribution in [2.75, 3.05) is 6.61 Å². The molecular formula is C21H18N2O3. The summed E-state index contributed by atoms with van der Waals surface area (Å²) in [5.41, 5.74) is 2.14. The van der Waals surface area contributed by atoms with Crippen molar-refractivity contribution in [2.45, 2.75) is 6.92 Å². The number of esters is 1. The number of carbonyl (C=O) groups is 1. The molecule has 3 rings (SSSR count). The standard InChI is InChI=1S/C21H18N2O3/c1-2-25-19-9-5-16(6-10-19)14-23-18-7-11-20(12-8-18)26-21(24)17-4-3-13-22-15-17/h3-15H,2H2,1H3. The zero-order valence-corrected chi connectivity index (χ0v) is 14.3. The summed E-state index contributed by atoms with van der Waals surface area (Å²) in [4.78, 5) is 20.3. The summed E-state index contributed by atoms with van der Waals surface area (Å²) in [6, 6.07) is 18.0. The minimum atomic E-state index is -0.441. The Bertz CT molecular complexity index is 873. The van der Waals surface area contributed by atoms with Crippen molar-refractivity contribution in [1.82, 2.24) is 4.98 Å². The van der Waals surface area contributed by atoms with Gasteiger partial charge in [0.15, 0.2) is 0 Å². The molecule has 1 heterocycles. The number of benzene rings is 2. The summed E-state index contributed by atoms with van der Waals surface area (Å²) >= 11 is 0. The van der Waals surface area contributed by atoms with Gasteiger partial charge in [0, 0.05) is 18.6 Å². The Kier molecular flexibility index (Phi) is 5.72. The predicted molar refractivity (Wildman–Crippen MR) is 101 cm³/mol. The molecule has 26 heavy (non-hydrogen) atoms. The Morgan fingerprint density at radius 1 is 1.04 bits per heavy atom. The van der Waals surface area contributed by atoms with Crippen molar-refractivity contribution < 1.29 is 14.3 Å². The molecule has 3 aromatic rings. The first-order valence-corrected chi connectivity index (χ1v) is 8.24. The highest BCUT2D eigenvalue weighted by molar-refractivity contribution is 5.90. The number of hydrogen-bond donors (Lipinski definition) is 0. The molecule has 0 spiro atoms. The Hall–Kier alpha value is -3.47. The van der Waals surface area contributed by atoms with Gasteiger partial charge in [-0.2, -0.15) is 0 Å². The van der Waals surface area contributed by atoms with Gasteiger partial charge in [0.2, 0.25) is 0 Å². The Labute approximate surface area is 152 Å². The molecule has 0 N–H and O–H groups in total. The van der Waals surface area contributed by atoms with E-state index < -0.39 is 5.97 Å². The number of aromatic nitrogens is 1. The van der Waals surface area contributed by atoms with Crippen LogP contribution in [0.25, 0.3) is 0 Å². The molecule has 0 aliphatic carbocycles. The average molecular weight is 346 g/mol. The number of ether oxygens (including phenoxy) is 2. The summed E-state index contributed by atoms with van der Waals surface area (Å²) in [7, 11) is 0. The first-order valence-electron chi connectivity index (χ1n) is 8.24. The average Bonchev–Trinajstić information content (AvgIpc) is 2.69. The smallest absolute Gasteiger partial charge is 0.345 e. The van der Waals surface area contributed by atoms with E-state index in [1.54, 1.807) is 48.8 Å². The van der Waals surface area contributed by atoms with E-state index in [4.69, 9.17) is 9.47 Å². The van der Waals surface area contributed by atoms with Crippen molar-refractivity contribution >= 4 is 17.9 Å². The fourth-order valence-electron chi connectivity index (χ4n) is 2.22. The molecule has 0 unspecified atom stereocenters. The fourth-order valence-corrected chi connectivity index (χ4v) is 2.22. The van der Waals surface area contributed by atoms with E-state index in [1.165, 1.54) is 6.20 Å². The van der Waals surface area contributed by atoms with E-state index in [1.807, 2.05) is 31.2 Å². The van der Waals surface area contributed by atoms with Gasteiger partial charge in [0.1, 0.15) is 11.5 Å². The summed E-state index contributed by atoms with van der Waals surface area (Å²) in [6.45, 7) is 2.60. The van der Waals surface area contributed by atoms with Gasteiger partial charge in [0.05, 0.1) is 17.9 Å². The van der Waals surface area contributed by atoms with Crippen LogP contribution in [-0.4, -0.2) is 23.8 Å². The normalized spacial score (nSPS) is 10.7. The molecule has 0 aliphatic heterocycles. The molecule has 5 heteroatoms. The third kappa shape index (κ3) is 4.77. The second-order valence-electron chi connectivity index (χ2n) is 5.39. The van der Waals surface area contributed by atoms with E-state index >= 15 is 0 Å². The van der Waals surface area contributed by atoms with E-state index in [-0.39, 0.29) is 0 Å². The Morgan fingerprint density at radius 3 is 2.42 bits per heavy atom. The number of hydrogen-bond acceptors (Lipinski definition) is 5. The van der Waals surface area contributed by atoms with Gasteiger partial charge in [0.25, 0.3) is 0 Å². The largest absolute Gasteiger partial charge is 0.494 e. The minimum absolute atomic E-state index is 0.407. The predicted octanol–water partition coefficient (Wildman–Crippen LogP) is 4.45. The zero-order valence-electron chi connectivity index (χ0n) is 14.3. The topological polar surface area (TPSA) is 60.8 Å². The van der Waals surface area contributed by atoms with Gasteiger partial charge in [-0.3, -0.25) is 9.98 Å². The number of carbonyl (C=O) groups excluding carboxylic acids is 1. The molecule has 0 bridgehead atoms. The number of aliphatic imine (C=N–C) groups is 1. The minimum Gasteiger partial charge on any atom is -0.494 e. The molecule has 0 radical (unpaired) electrons. The van der Waals surface area contributed by atoms with Gasteiger partial charge in [-0.05, 0) is 73.2 Å². The van der Waals surface area contributed by atoms with Gasteiger partial charge < -0.3 is 9.47 Å². The molecule has 130 valence electrons. The van der Waals surface area contributed by atoms with Gasteiger partial charge in [-0.1, -0.05) is 0 Å². The first-order chi connectivity index (χ1) is 12.7. The molecular weight excluding hydrogens is 328 g/mol. The van der Waals surface area contributed by atoms with Crippen molar-refractivity contribution in [3.63, 3.8) is 0 Å². The van der Waals surface area contributed by atoms with Crippen molar-refractivity contribution in [3.05, 3.63) is 84.2 Å². The highest BCUT2D eigenvalue weighted by Crippen LogP contribution is 2.19. The highest BCUT2D eigenvalue weighted by atomic mass is 16.5. The molecule has 0 saturated heterocycles. The Morgan fingerprint density at radius 2 is 1.77 bits per heavy atom. The SMILES string of the molecule is CCOc1ccc(C=Nc2ccc(OC(=O)c3cccnc3)cc2)cc1. The van der Waals surface area contributed by atoms with Crippen LogP contribution in [0.5, 0.6) is 11.5 Å². The van der Waals surface area contributed by atoms with E-state index in [0.29, 0.717) is 17.9 Å². The third-order valence-electron chi connectivity index (χ3n) is 3.50. The highest BCUT2D eigenvalue weighted by Gasteiger charge is 2.07. The van der Waals surface area contributed by atoms with E-state index in [9.17, 15) is 4.79 Å². The quantitative estimate of drug-likeness (QED) is 0.376. The molecule has 5 nitrogen and oxygen atoms in total. The maximum absolute atomic E-state index is 12.0. The van der Waals surface area contributed by atoms with Crippen LogP contribution in [0, 0.1) is 0 Å². The van der Waals surface area contributed by atoms with Crippen LogP contribution in [0.3, 0.4) is 0 Å². The molecule has 0 atom stereocenters. The summed E-state index contributed by atoms with van der Waals surface area (Å²) in [6.07, 6.45) is 4.85. The molecule has 1 aromatic heterocycles. The van der Waals surface area contributed by atoms with Crippen LogP contribution in [-0.2, 0) is 0 Å². The van der Waals surface area contributed by atoms with Crippen LogP contribution >= 0.6 is 0 Å².